The van der Waals surface area contributed by atoms with Gasteiger partial charge in [-0.15, -0.1) is 0 Å². The Kier molecular flexibility index (Phi) is 4.02. The lowest BCUT2D eigenvalue weighted by Gasteiger charge is -2.16. The molecular weight excluding hydrogens is 302 g/mol. The lowest BCUT2D eigenvalue weighted by atomic mass is 10.3. The summed E-state index contributed by atoms with van der Waals surface area (Å²) >= 11 is 0. The van der Waals surface area contributed by atoms with Crippen molar-refractivity contribution in [3.63, 3.8) is 0 Å². The van der Waals surface area contributed by atoms with Crippen molar-refractivity contribution in [2.45, 2.75) is 23.0 Å². The maximum Gasteiger partial charge on any atom is 0.223 e. The zero-order valence-electron chi connectivity index (χ0n) is 11.9. The van der Waals surface area contributed by atoms with Crippen molar-refractivity contribution < 1.29 is 17.6 Å². The Hall–Kier alpha value is -2.08. The van der Waals surface area contributed by atoms with Gasteiger partial charge in [0.25, 0.3) is 0 Å². The van der Waals surface area contributed by atoms with Gasteiger partial charge in [0.1, 0.15) is 11.0 Å². The van der Waals surface area contributed by atoms with E-state index in [1.807, 2.05) is 0 Å². The number of hydrogen-bond donors (Lipinski definition) is 1. The fourth-order valence-corrected chi connectivity index (χ4v) is 3.90. The zero-order chi connectivity index (χ0) is 15.6. The highest BCUT2D eigenvalue weighted by molar-refractivity contribution is 7.91. The number of carbonyl (C=O) groups excluding carboxylic acids is 1. The van der Waals surface area contributed by atoms with Crippen LogP contribution in [0.5, 0.6) is 0 Å². The molecule has 1 amide bonds. The molecule has 0 radical (unpaired) electrons. The van der Waals surface area contributed by atoms with Gasteiger partial charge in [-0.1, -0.05) is 18.2 Å². The minimum absolute atomic E-state index is 0.0140. The third kappa shape index (κ3) is 3.06. The molecule has 1 atom stereocenters. The fraction of sp³-hybridized carbons (Fsp3) is 0.312. The van der Waals surface area contributed by atoms with Gasteiger partial charge in [0, 0.05) is 12.5 Å². The van der Waals surface area contributed by atoms with E-state index in [2.05, 4.69) is 5.32 Å². The van der Waals surface area contributed by atoms with E-state index < -0.39 is 15.1 Å². The first kappa shape index (κ1) is 14.8. The molecule has 116 valence electrons. The average molecular weight is 319 g/mol. The maximum atomic E-state index is 12.8. The molecule has 1 heterocycles. The molecule has 1 N–H and O–H groups in total. The van der Waals surface area contributed by atoms with Crippen molar-refractivity contribution in [1.29, 1.82) is 0 Å². The van der Waals surface area contributed by atoms with Gasteiger partial charge in [-0.25, -0.2) is 8.42 Å². The minimum atomic E-state index is -3.63. The number of hydrogen-bond acceptors (Lipinski definition) is 4. The molecular formula is C16H17NO4S. The second-order valence-corrected chi connectivity index (χ2v) is 7.51. The van der Waals surface area contributed by atoms with Gasteiger partial charge in [0.15, 0.2) is 9.84 Å². The van der Waals surface area contributed by atoms with Crippen molar-refractivity contribution in [2.75, 3.05) is 6.54 Å². The van der Waals surface area contributed by atoms with Crippen molar-refractivity contribution in [3.05, 3.63) is 54.5 Å². The molecule has 1 aromatic carbocycles. The summed E-state index contributed by atoms with van der Waals surface area (Å²) in [5.74, 6) is 0.288. The molecule has 1 aromatic heterocycles. The highest BCUT2D eigenvalue weighted by Gasteiger charge is 2.34. The third-order valence-corrected chi connectivity index (χ3v) is 5.79. The van der Waals surface area contributed by atoms with Crippen LogP contribution < -0.4 is 5.32 Å². The predicted octanol–water partition coefficient (Wildman–Crippen LogP) is 2.32. The van der Waals surface area contributed by atoms with E-state index in [0.29, 0.717) is 5.76 Å². The summed E-state index contributed by atoms with van der Waals surface area (Å²) in [6.07, 6.45) is 3.19. The fourth-order valence-electron chi connectivity index (χ4n) is 2.30. The van der Waals surface area contributed by atoms with E-state index in [1.165, 1.54) is 6.26 Å². The highest BCUT2D eigenvalue weighted by Crippen LogP contribution is 2.31. The molecule has 1 aliphatic rings. The summed E-state index contributed by atoms with van der Waals surface area (Å²) in [6, 6.07) is 11.5. The smallest absolute Gasteiger partial charge is 0.223 e. The molecule has 0 spiro atoms. The van der Waals surface area contributed by atoms with E-state index in [-0.39, 0.29) is 23.3 Å². The average Bonchev–Trinajstić information content (AvgIpc) is 3.25. The normalized spacial score (nSPS) is 16.2. The van der Waals surface area contributed by atoms with E-state index in [0.717, 1.165) is 12.8 Å². The summed E-state index contributed by atoms with van der Waals surface area (Å²) in [4.78, 5) is 12.0. The van der Waals surface area contributed by atoms with Crippen LogP contribution in [0.4, 0.5) is 0 Å². The molecule has 0 bridgehead atoms. The summed E-state index contributed by atoms with van der Waals surface area (Å²) in [5, 5.41) is 1.81. The van der Waals surface area contributed by atoms with Crippen LogP contribution in [0.1, 0.15) is 23.9 Å². The van der Waals surface area contributed by atoms with Crippen molar-refractivity contribution in [1.82, 2.24) is 5.32 Å². The number of rotatable bonds is 6. The molecule has 1 saturated carbocycles. The molecule has 5 nitrogen and oxygen atoms in total. The Bertz CT molecular complexity index is 734. The Morgan fingerprint density at radius 3 is 2.50 bits per heavy atom. The molecule has 0 saturated heterocycles. The maximum absolute atomic E-state index is 12.8. The van der Waals surface area contributed by atoms with Crippen LogP contribution in [0, 0.1) is 5.92 Å². The van der Waals surface area contributed by atoms with Gasteiger partial charge in [-0.2, -0.15) is 0 Å². The van der Waals surface area contributed by atoms with Gasteiger partial charge < -0.3 is 9.73 Å². The molecule has 1 aliphatic carbocycles. The highest BCUT2D eigenvalue weighted by atomic mass is 32.2. The van der Waals surface area contributed by atoms with Crippen LogP contribution in [-0.2, 0) is 14.6 Å². The monoisotopic (exact) mass is 319 g/mol. The van der Waals surface area contributed by atoms with E-state index >= 15 is 0 Å². The minimum Gasteiger partial charge on any atom is -0.468 e. The third-order valence-electron chi connectivity index (χ3n) is 3.72. The lowest BCUT2D eigenvalue weighted by molar-refractivity contribution is -0.122. The first-order chi connectivity index (χ1) is 10.6. The number of amides is 1. The summed E-state index contributed by atoms with van der Waals surface area (Å²) in [5.41, 5.74) is 0. The Morgan fingerprint density at radius 1 is 1.18 bits per heavy atom. The number of sulfone groups is 1. The van der Waals surface area contributed by atoms with Crippen molar-refractivity contribution in [2.24, 2.45) is 5.92 Å². The van der Waals surface area contributed by atoms with Crippen molar-refractivity contribution >= 4 is 15.7 Å². The van der Waals surface area contributed by atoms with E-state index in [1.54, 1.807) is 42.5 Å². The van der Waals surface area contributed by atoms with Gasteiger partial charge >= 0.3 is 0 Å². The summed E-state index contributed by atoms with van der Waals surface area (Å²) in [6.45, 7) is 0.0140. The molecule has 1 unspecified atom stereocenters. The molecule has 2 aromatic rings. The molecule has 22 heavy (non-hydrogen) atoms. The van der Waals surface area contributed by atoms with Crippen LogP contribution >= 0.6 is 0 Å². The van der Waals surface area contributed by atoms with Crippen LogP contribution in [0.15, 0.2) is 58.0 Å². The molecule has 6 heteroatoms. The Balaban J connectivity index is 1.86. The number of nitrogens with one attached hydrogen (secondary N) is 1. The Morgan fingerprint density at radius 2 is 1.91 bits per heavy atom. The first-order valence-corrected chi connectivity index (χ1v) is 8.74. The van der Waals surface area contributed by atoms with Crippen LogP contribution in [0.25, 0.3) is 0 Å². The molecule has 0 aliphatic heterocycles. The predicted molar refractivity (Wildman–Crippen MR) is 80.8 cm³/mol. The Labute approximate surface area is 129 Å². The lowest BCUT2D eigenvalue weighted by Crippen LogP contribution is -2.32. The first-order valence-electron chi connectivity index (χ1n) is 7.19. The van der Waals surface area contributed by atoms with Crippen LogP contribution in [0.3, 0.4) is 0 Å². The van der Waals surface area contributed by atoms with E-state index in [9.17, 15) is 13.2 Å². The standard InChI is InChI=1S/C16H17NO4S/c18-16(12-8-9-12)17-11-15(14-7-4-10-21-14)22(19,20)13-5-2-1-3-6-13/h1-7,10,12,15H,8-9,11H2,(H,17,18). The SMILES string of the molecule is O=C(NCC(c1ccco1)S(=O)(=O)c1ccccc1)C1CC1. The molecule has 3 rings (SSSR count). The summed E-state index contributed by atoms with van der Waals surface area (Å²) in [7, 11) is -3.63. The quantitative estimate of drug-likeness (QED) is 0.886. The second-order valence-electron chi connectivity index (χ2n) is 5.38. The molecule has 1 fully saturated rings. The van der Waals surface area contributed by atoms with Gasteiger partial charge in [-0.05, 0) is 37.1 Å². The number of carbonyl (C=O) groups is 1. The van der Waals surface area contributed by atoms with Crippen molar-refractivity contribution in [3.8, 4) is 0 Å². The largest absolute Gasteiger partial charge is 0.468 e. The van der Waals surface area contributed by atoms with Gasteiger partial charge in [-0.3, -0.25) is 4.79 Å². The van der Waals surface area contributed by atoms with Gasteiger partial charge in [0.05, 0.1) is 11.2 Å². The number of benzene rings is 1. The summed E-state index contributed by atoms with van der Waals surface area (Å²) < 4.78 is 30.9. The van der Waals surface area contributed by atoms with Crippen LogP contribution in [0.2, 0.25) is 0 Å². The van der Waals surface area contributed by atoms with E-state index in [4.69, 9.17) is 4.42 Å². The topological polar surface area (TPSA) is 76.4 Å². The zero-order valence-corrected chi connectivity index (χ0v) is 12.8. The number of furan rings is 1. The van der Waals surface area contributed by atoms with Crippen LogP contribution in [-0.4, -0.2) is 20.9 Å². The second kappa shape index (κ2) is 5.96. The van der Waals surface area contributed by atoms with Gasteiger partial charge in [0.2, 0.25) is 5.91 Å².